The lowest BCUT2D eigenvalue weighted by Crippen LogP contribution is -1.95. The van der Waals surface area contributed by atoms with Crippen LogP contribution in [0, 0.1) is 35.3 Å². The summed E-state index contributed by atoms with van der Waals surface area (Å²) in [5.74, 6) is 10.8. The number of rotatable bonds is 4. The van der Waals surface area contributed by atoms with Crippen molar-refractivity contribution in [1.29, 1.82) is 0 Å². The monoisotopic (exact) mass is 412 g/mol. The van der Waals surface area contributed by atoms with Gasteiger partial charge in [-0.1, -0.05) is 63.0 Å². The molecule has 0 aromatic heterocycles. The predicted molar refractivity (Wildman–Crippen MR) is 124 cm³/mol. The molecule has 3 aromatic carbocycles. The lowest BCUT2D eigenvalue weighted by Gasteiger charge is -2.04. The molecule has 0 heterocycles. The molecule has 31 heavy (non-hydrogen) atoms. The number of benzene rings is 3. The number of halogens is 2. The second-order valence-corrected chi connectivity index (χ2v) is 7.46. The zero-order chi connectivity index (χ0) is 22.2. The van der Waals surface area contributed by atoms with Gasteiger partial charge in [0.15, 0.2) is 0 Å². The third kappa shape index (κ3) is 5.84. The maximum atomic E-state index is 14.3. The fourth-order valence-electron chi connectivity index (χ4n) is 3.36. The molecule has 0 spiro atoms. The number of hydrogen-bond donors (Lipinski definition) is 0. The van der Waals surface area contributed by atoms with E-state index in [9.17, 15) is 8.78 Å². The minimum atomic E-state index is -0.608. The van der Waals surface area contributed by atoms with Gasteiger partial charge in [-0.2, -0.15) is 0 Å². The molecule has 0 unspecified atom stereocenters. The van der Waals surface area contributed by atoms with Crippen LogP contribution in [0.4, 0.5) is 8.78 Å². The summed E-state index contributed by atoms with van der Waals surface area (Å²) in [6.45, 7) is 6.16. The SMILES string of the molecule is CCCc1cc(F)c(C#Cc2ccc(C#Cc3ccc(CC)cc3)c(CC)c2)c(F)c1. The lowest BCUT2D eigenvalue weighted by molar-refractivity contribution is 0.573. The number of aryl methyl sites for hydroxylation is 3. The normalized spacial score (nSPS) is 10.1. The predicted octanol–water partition coefficient (Wildman–Crippen LogP) is 6.84. The van der Waals surface area contributed by atoms with E-state index in [-0.39, 0.29) is 5.56 Å². The Morgan fingerprint density at radius 3 is 1.90 bits per heavy atom. The molecule has 0 saturated carbocycles. The van der Waals surface area contributed by atoms with Crippen LogP contribution in [0.15, 0.2) is 54.6 Å². The first kappa shape index (κ1) is 22.3. The zero-order valence-corrected chi connectivity index (χ0v) is 18.3. The molecule has 3 rings (SSSR count). The Kier molecular flexibility index (Phi) is 7.64. The van der Waals surface area contributed by atoms with Crippen LogP contribution in [0.2, 0.25) is 0 Å². The fraction of sp³-hybridized carbons (Fsp3) is 0.241. The van der Waals surface area contributed by atoms with Gasteiger partial charge >= 0.3 is 0 Å². The van der Waals surface area contributed by atoms with Crippen molar-refractivity contribution in [3.05, 3.63) is 105 Å². The molecule has 0 aliphatic heterocycles. The van der Waals surface area contributed by atoms with E-state index in [0.29, 0.717) is 17.5 Å². The smallest absolute Gasteiger partial charge is 0.142 e. The maximum Gasteiger partial charge on any atom is 0.142 e. The Morgan fingerprint density at radius 2 is 1.29 bits per heavy atom. The molecule has 0 saturated heterocycles. The first-order valence-corrected chi connectivity index (χ1v) is 10.8. The largest absolute Gasteiger partial charge is 0.206 e. The van der Waals surface area contributed by atoms with Crippen molar-refractivity contribution in [3.8, 4) is 23.7 Å². The summed E-state index contributed by atoms with van der Waals surface area (Å²) >= 11 is 0. The summed E-state index contributed by atoms with van der Waals surface area (Å²) in [4.78, 5) is 0. The third-order valence-electron chi connectivity index (χ3n) is 5.16. The second kappa shape index (κ2) is 10.6. The quantitative estimate of drug-likeness (QED) is 0.412. The van der Waals surface area contributed by atoms with E-state index in [1.807, 2.05) is 37.3 Å². The Balaban J connectivity index is 1.86. The highest BCUT2D eigenvalue weighted by atomic mass is 19.1. The molecule has 2 heteroatoms. The Hall–Kier alpha value is -3.36. The highest BCUT2D eigenvalue weighted by Gasteiger charge is 2.09. The van der Waals surface area contributed by atoms with Crippen molar-refractivity contribution in [2.45, 2.75) is 46.5 Å². The van der Waals surface area contributed by atoms with Crippen molar-refractivity contribution >= 4 is 0 Å². The van der Waals surface area contributed by atoms with Crippen LogP contribution in [-0.2, 0) is 19.3 Å². The zero-order valence-electron chi connectivity index (χ0n) is 18.3. The summed E-state index contributed by atoms with van der Waals surface area (Å²) in [7, 11) is 0. The molecule has 0 atom stereocenters. The van der Waals surface area contributed by atoms with E-state index < -0.39 is 11.6 Å². The topological polar surface area (TPSA) is 0 Å². The summed E-state index contributed by atoms with van der Waals surface area (Å²) in [6.07, 6.45) is 3.28. The van der Waals surface area contributed by atoms with Crippen LogP contribution in [0.1, 0.15) is 66.1 Å². The van der Waals surface area contributed by atoms with Crippen molar-refractivity contribution in [2.24, 2.45) is 0 Å². The van der Waals surface area contributed by atoms with Crippen molar-refractivity contribution in [3.63, 3.8) is 0 Å². The van der Waals surface area contributed by atoms with E-state index in [2.05, 4.69) is 49.7 Å². The first-order chi connectivity index (χ1) is 15.0. The van der Waals surface area contributed by atoms with E-state index in [0.717, 1.165) is 36.0 Å². The molecule has 156 valence electrons. The molecule has 0 N–H and O–H groups in total. The molecule has 0 fully saturated rings. The van der Waals surface area contributed by atoms with Gasteiger partial charge in [-0.15, -0.1) is 0 Å². The Bertz CT molecular complexity index is 1160. The van der Waals surface area contributed by atoms with Gasteiger partial charge in [0.2, 0.25) is 0 Å². The number of hydrogen-bond acceptors (Lipinski definition) is 0. The minimum Gasteiger partial charge on any atom is -0.206 e. The average molecular weight is 413 g/mol. The molecule has 0 nitrogen and oxygen atoms in total. The molecular formula is C29H26F2. The summed E-state index contributed by atoms with van der Waals surface area (Å²) in [5.41, 5.74) is 5.45. The van der Waals surface area contributed by atoms with E-state index >= 15 is 0 Å². The Morgan fingerprint density at radius 1 is 0.645 bits per heavy atom. The van der Waals surface area contributed by atoms with Gasteiger partial charge in [0, 0.05) is 16.7 Å². The van der Waals surface area contributed by atoms with Crippen molar-refractivity contribution < 1.29 is 8.78 Å². The highest BCUT2D eigenvalue weighted by molar-refractivity contribution is 5.52. The molecule has 0 bridgehead atoms. The molecule has 0 aliphatic rings. The standard InChI is InChI=1S/C29H26F2/c1-4-7-24-19-28(30)27(29(31)20-24)17-14-23-13-16-26(25(6-3)18-23)15-12-22-10-8-21(5-2)9-11-22/h8-11,13,16,18-20H,4-7H2,1-3H3. The van der Waals surface area contributed by atoms with Crippen LogP contribution in [0.25, 0.3) is 0 Å². The van der Waals surface area contributed by atoms with E-state index in [1.54, 1.807) is 0 Å². The second-order valence-electron chi connectivity index (χ2n) is 7.46. The van der Waals surface area contributed by atoms with Gasteiger partial charge < -0.3 is 0 Å². The minimum absolute atomic E-state index is 0.183. The molecule has 0 amide bonds. The van der Waals surface area contributed by atoms with Gasteiger partial charge in [-0.05, 0) is 78.4 Å². The van der Waals surface area contributed by atoms with Crippen molar-refractivity contribution in [2.75, 3.05) is 0 Å². The Labute approximate surface area is 184 Å². The molecule has 0 aliphatic carbocycles. The van der Waals surface area contributed by atoms with Crippen LogP contribution in [0.3, 0.4) is 0 Å². The van der Waals surface area contributed by atoms with Gasteiger partial charge in [0.25, 0.3) is 0 Å². The summed E-state index contributed by atoms with van der Waals surface area (Å²) in [5, 5.41) is 0. The fourth-order valence-corrected chi connectivity index (χ4v) is 3.36. The van der Waals surface area contributed by atoms with Crippen LogP contribution < -0.4 is 0 Å². The van der Waals surface area contributed by atoms with Crippen molar-refractivity contribution in [1.82, 2.24) is 0 Å². The van der Waals surface area contributed by atoms with E-state index in [4.69, 9.17) is 0 Å². The van der Waals surface area contributed by atoms with E-state index in [1.165, 1.54) is 17.7 Å². The van der Waals surface area contributed by atoms with Gasteiger partial charge in [0.05, 0.1) is 5.56 Å². The van der Waals surface area contributed by atoms with Crippen LogP contribution in [0.5, 0.6) is 0 Å². The lowest BCUT2D eigenvalue weighted by atomic mass is 10.0. The molecule has 3 aromatic rings. The molecule has 0 radical (unpaired) electrons. The third-order valence-corrected chi connectivity index (χ3v) is 5.16. The summed E-state index contributed by atoms with van der Waals surface area (Å²) in [6, 6.07) is 16.7. The van der Waals surface area contributed by atoms with Crippen LogP contribution in [-0.4, -0.2) is 0 Å². The summed E-state index contributed by atoms with van der Waals surface area (Å²) < 4.78 is 28.6. The van der Waals surface area contributed by atoms with Gasteiger partial charge in [-0.25, -0.2) is 8.78 Å². The van der Waals surface area contributed by atoms with Gasteiger partial charge in [0.1, 0.15) is 11.6 Å². The van der Waals surface area contributed by atoms with Crippen LogP contribution >= 0.6 is 0 Å². The highest BCUT2D eigenvalue weighted by Crippen LogP contribution is 2.17. The average Bonchev–Trinajstić information content (AvgIpc) is 2.78. The first-order valence-electron chi connectivity index (χ1n) is 10.8. The maximum absolute atomic E-state index is 14.3. The molecular weight excluding hydrogens is 386 g/mol. The van der Waals surface area contributed by atoms with Gasteiger partial charge in [-0.3, -0.25) is 0 Å².